The molecule has 0 unspecified atom stereocenters. The van der Waals surface area contributed by atoms with E-state index in [1.54, 1.807) is 6.08 Å². The SMILES string of the molecule is CCCCCCCCCCCC[C@@H](O)[C@H]1CC[C@H]([C@H]2CC[C@H]([C@H]3CC[C@H](CC[C@@H](O)CC4=C[C@H](C)OC4=O)O3)O2)O1. The Hall–Kier alpha value is -0.990. The molecule has 41 heavy (non-hydrogen) atoms. The van der Waals surface area contributed by atoms with Crippen LogP contribution in [0.5, 0.6) is 0 Å². The van der Waals surface area contributed by atoms with Crippen molar-refractivity contribution in [2.75, 3.05) is 0 Å². The molecule has 4 rings (SSSR count). The number of hydrogen-bond acceptors (Lipinski definition) is 7. The molecule has 3 saturated heterocycles. The van der Waals surface area contributed by atoms with E-state index in [1.165, 1.54) is 57.8 Å². The van der Waals surface area contributed by atoms with Gasteiger partial charge in [-0.2, -0.15) is 0 Å². The van der Waals surface area contributed by atoms with Crippen LogP contribution in [0.25, 0.3) is 0 Å². The molecule has 0 aromatic carbocycles. The largest absolute Gasteiger partial charge is 0.455 e. The van der Waals surface area contributed by atoms with E-state index in [-0.39, 0.29) is 54.8 Å². The minimum atomic E-state index is -0.554. The first-order valence-electron chi connectivity index (χ1n) is 17.2. The van der Waals surface area contributed by atoms with Gasteiger partial charge in [0.25, 0.3) is 0 Å². The molecule has 0 spiro atoms. The highest BCUT2D eigenvalue weighted by Gasteiger charge is 2.43. The van der Waals surface area contributed by atoms with Crippen LogP contribution in [0.1, 0.15) is 142 Å². The zero-order chi connectivity index (χ0) is 29.0. The molecule has 4 heterocycles. The van der Waals surface area contributed by atoms with E-state index in [0.717, 1.165) is 57.8 Å². The Balaban J connectivity index is 1.05. The quantitative estimate of drug-likeness (QED) is 0.130. The van der Waals surface area contributed by atoms with Crippen LogP contribution in [0.15, 0.2) is 11.6 Å². The summed E-state index contributed by atoms with van der Waals surface area (Å²) in [6.45, 7) is 4.10. The first kappa shape index (κ1) is 32.9. The fraction of sp³-hybridized carbons (Fsp3) is 0.912. The molecule has 7 heteroatoms. The third kappa shape index (κ3) is 10.6. The lowest BCUT2D eigenvalue weighted by molar-refractivity contribution is -0.139. The number of carbonyl (C=O) groups excluding carboxylic acids is 1. The van der Waals surface area contributed by atoms with Crippen LogP contribution in [-0.2, 0) is 23.7 Å². The number of hydrogen-bond donors (Lipinski definition) is 2. The van der Waals surface area contributed by atoms with Gasteiger partial charge in [-0.1, -0.05) is 71.1 Å². The van der Waals surface area contributed by atoms with E-state index in [1.807, 2.05) is 6.92 Å². The van der Waals surface area contributed by atoms with Crippen molar-refractivity contribution in [2.45, 2.75) is 197 Å². The normalized spacial score (nSPS) is 33.3. The lowest BCUT2D eigenvalue weighted by Gasteiger charge is -2.24. The van der Waals surface area contributed by atoms with Gasteiger partial charge >= 0.3 is 5.97 Å². The van der Waals surface area contributed by atoms with E-state index in [9.17, 15) is 15.0 Å². The molecule has 0 aromatic rings. The van der Waals surface area contributed by atoms with Crippen molar-refractivity contribution in [1.29, 1.82) is 0 Å². The highest BCUT2D eigenvalue weighted by molar-refractivity contribution is 5.90. The lowest BCUT2D eigenvalue weighted by Crippen LogP contribution is -2.33. The molecule has 0 amide bonds. The second-order valence-corrected chi connectivity index (χ2v) is 13.2. The van der Waals surface area contributed by atoms with Gasteiger partial charge in [0.2, 0.25) is 0 Å². The number of aliphatic hydroxyl groups is 2. The molecular weight excluding hydrogens is 520 g/mol. The van der Waals surface area contributed by atoms with Crippen molar-refractivity contribution in [3.8, 4) is 0 Å². The third-order valence-electron chi connectivity index (χ3n) is 9.69. The lowest BCUT2D eigenvalue weighted by atomic mass is 10.0. The molecule has 9 atom stereocenters. The number of unbranched alkanes of at least 4 members (excludes halogenated alkanes) is 9. The molecule has 0 aliphatic carbocycles. The molecule has 4 aliphatic heterocycles. The third-order valence-corrected chi connectivity index (χ3v) is 9.69. The number of aliphatic hydroxyl groups excluding tert-OH is 2. The summed E-state index contributed by atoms with van der Waals surface area (Å²) in [6.07, 6.45) is 22.7. The van der Waals surface area contributed by atoms with Crippen molar-refractivity contribution in [3.63, 3.8) is 0 Å². The van der Waals surface area contributed by atoms with E-state index < -0.39 is 6.10 Å². The molecule has 2 N–H and O–H groups in total. The van der Waals surface area contributed by atoms with E-state index >= 15 is 0 Å². The Morgan fingerprint density at radius 3 is 2.00 bits per heavy atom. The Morgan fingerprint density at radius 1 is 0.756 bits per heavy atom. The molecule has 236 valence electrons. The van der Waals surface area contributed by atoms with Crippen molar-refractivity contribution in [1.82, 2.24) is 0 Å². The molecule has 0 radical (unpaired) electrons. The Morgan fingerprint density at radius 2 is 1.34 bits per heavy atom. The van der Waals surface area contributed by atoms with E-state index in [4.69, 9.17) is 18.9 Å². The van der Waals surface area contributed by atoms with Crippen LogP contribution in [-0.4, -0.2) is 71.1 Å². The Labute approximate surface area is 248 Å². The number of cyclic esters (lactones) is 1. The van der Waals surface area contributed by atoms with Gasteiger partial charge in [0.15, 0.2) is 0 Å². The van der Waals surface area contributed by atoms with Gasteiger partial charge in [-0.3, -0.25) is 0 Å². The molecule has 3 fully saturated rings. The molecular formula is C34H58O7. The monoisotopic (exact) mass is 578 g/mol. The van der Waals surface area contributed by atoms with Gasteiger partial charge in [0.1, 0.15) is 6.10 Å². The maximum atomic E-state index is 11.8. The second kappa shape index (κ2) is 17.3. The average molecular weight is 579 g/mol. The molecule has 0 bridgehead atoms. The fourth-order valence-corrected chi connectivity index (χ4v) is 7.24. The highest BCUT2D eigenvalue weighted by Crippen LogP contribution is 2.37. The fourth-order valence-electron chi connectivity index (χ4n) is 7.24. The Kier molecular flexibility index (Phi) is 13.9. The summed E-state index contributed by atoms with van der Waals surface area (Å²) in [5, 5.41) is 21.2. The predicted molar refractivity (Wildman–Crippen MR) is 160 cm³/mol. The van der Waals surface area contributed by atoms with Crippen molar-refractivity contribution in [2.24, 2.45) is 0 Å². The standard InChI is InChI=1S/C34H58O7/c1-3-4-5-6-7-8-9-10-11-12-13-28(36)29-18-19-32(40-29)33-21-20-31(41-33)30-17-16-27(39-30)15-14-26(35)23-25-22-24(2)38-34(25)37/h22,24,26-33,35-36H,3-21,23H2,1-2H3/t24-,26+,27-,28+,29+,30+,31+,32+,33+/m0/s1. The van der Waals surface area contributed by atoms with Gasteiger partial charge in [0, 0.05) is 12.0 Å². The highest BCUT2D eigenvalue weighted by atomic mass is 16.6. The summed E-state index contributed by atoms with van der Waals surface area (Å²) in [5.74, 6) is -0.303. The average Bonchev–Trinajstić information content (AvgIpc) is 3.76. The summed E-state index contributed by atoms with van der Waals surface area (Å²) in [6, 6.07) is 0. The maximum absolute atomic E-state index is 11.8. The summed E-state index contributed by atoms with van der Waals surface area (Å²) in [7, 11) is 0. The number of esters is 1. The van der Waals surface area contributed by atoms with Gasteiger partial charge in [0.05, 0.1) is 48.8 Å². The molecule has 0 aromatic heterocycles. The summed E-state index contributed by atoms with van der Waals surface area (Å²) in [5.41, 5.74) is 0.586. The smallest absolute Gasteiger partial charge is 0.334 e. The zero-order valence-corrected chi connectivity index (χ0v) is 25.9. The predicted octanol–water partition coefficient (Wildman–Crippen LogP) is 6.70. The number of carbonyl (C=O) groups is 1. The number of rotatable bonds is 19. The van der Waals surface area contributed by atoms with Crippen LogP contribution in [0.4, 0.5) is 0 Å². The maximum Gasteiger partial charge on any atom is 0.334 e. The first-order chi connectivity index (χ1) is 19.9. The zero-order valence-electron chi connectivity index (χ0n) is 25.9. The second-order valence-electron chi connectivity index (χ2n) is 13.2. The molecule has 7 nitrogen and oxygen atoms in total. The first-order valence-corrected chi connectivity index (χ1v) is 17.2. The Bertz CT molecular complexity index is 800. The van der Waals surface area contributed by atoms with Gasteiger partial charge in [-0.15, -0.1) is 0 Å². The summed E-state index contributed by atoms with van der Waals surface area (Å²) >= 11 is 0. The molecule has 4 aliphatic rings. The summed E-state index contributed by atoms with van der Waals surface area (Å²) < 4.78 is 24.3. The molecule has 0 saturated carbocycles. The van der Waals surface area contributed by atoms with Crippen LogP contribution in [0.2, 0.25) is 0 Å². The van der Waals surface area contributed by atoms with Crippen molar-refractivity contribution in [3.05, 3.63) is 11.6 Å². The van der Waals surface area contributed by atoms with Gasteiger partial charge in [-0.05, 0) is 70.8 Å². The van der Waals surface area contributed by atoms with Crippen molar-refractivity contribution >= 4 is 5.97 Å². The van der Waals surface area contributed by atoms with Gasteiger partial charge < -0.3 is 29.2 Å². The van der Waals surface area contributed by atoms with Crippen molar-refractivity contribution < 1.29 is 34.0 Å². The van der Waals surface area contributed by atoms with Crippen LogP contribution in [0, 0.1) is 0 Å². The van der Waals surface area contributed by atoms with Crippen LogP contribution in [0.3, 0.4) is 0 Å². The minimum absolute atomic E-state index is 0.0511. The van der Waals surface area contributed by atoms with E-state index in [0.29, 0.717) is 18.4 Å². The number of ether oxygens (including phenoxy) is 4. The van der Waals surface area contributed by atoms with Crippen LogP contribution >= 0.6 is 0 Å². The summed E-state index contributed by atoms with van der Waals surface area (Å²) in [4.78, 5) is 11.8. The topological polar surface area (TPSA) is 94.5 Å². The van der Waals surface area contributed by atoms with Crippen LogP contribution < -0.4 is 0 Å². The van der Waals surface area contributed by atoms with Gasteiger partial charge in [-0.25, -0.2) is 4.79 Å². The minimum Gasteiger partial charge on any atom is -0.455 e. The van der Waals surface area contributed by atoms with E-state index in [2.05, 4.69) is 6.92 Å².